The van der Waals surface area contributed by atoms with E-state index >= 15 is 0 Å². The summed E-state index contributed by atoms with van der Waals surface area (Å²) < 4.78 is 0. The van der Waals surface area contributed by atoms with Crippen LogP contribution in [0.3, 0.4) is 0 Å². The molecule has 0 aliphatic carbocycles. The average molecular weight is 401 g/mol. The highest BCUT2D eigenvalue weighted by atomic mass is 32.1. The number of aryl methyl sites for hydroxylation is 1. The summed E-state index contributed by atoms with van der Waals surface area (Å²) in [7, 11) is 0. The van der Waals surface area contributed by atoms with Crippen molar-refractivity contribution in [1.29, 1.82) is 0 Å². The van der Waals surface area contributed by atoms with E-state index in [1.54, 1.807) is 11.1 Å². The molecule has 2 aromatic rings. The second-order valence-electron chi connectivity index (χ2n) is 7.09. The third kappa shape index (κ3) is 3.96. The second-order valence-corrected chi connectivity index (χ2v) is 8.13. The summed E-state index contributed by atoms with van der Waals surface area (Å²) >= 11 is 1.42. The molecule has 2 amide bonds. The normalized spacial score (nSPS) is 20.6. The number of hydrogen-bond donors (Lipinski definition) is 1. The van der Waals surface area contributed by atoms with Crippen LogP contribution in [0.5, 0.6) is 0 Å². The lowest BCUT2D eigenvalue weighted by Crippen LogP contribution is -2.47. The molecule has 1 atom stereocenters. The van der Waals surface area contributed by atoms with Crippen LogP contribution in [-0.4, -0.2) is 57.9 Å². The largest absolute Gasteiger partial charge is 0.355 e. The van der Waals surface area contributed by atoms with E-state index in [1.807, 2.05) is 19.1 Å². The zero-order valence-corrected chi connectivity index (χ0v) is 16.6. The molecule has 4 rings (SSSR count). The fourth-order valence-corrected chi connectivity index (χ4v) is 4.40. The van der Waals surface area contributed by atoms with Crippen molar-refractivity contribution in [1.82, 2.24) is 25.7 Å². The molecule has 0 bridgehead atoms. The molecule has 2 saturated heterocycles. The summed E-state index contributed by atoms with van der Waals surface area (Å²) in [4.78, 5) is 28.8. The average Bonchev–Trinajstić information content (AvgIpc) is 3.35. The first-order valence-electron chi connectivity index (χ1n) is 9.59. The number of hydrogen-bond acceptors (Lipinski definition) is 8. The molecule has 10 heteroatoms. The fraction of sp³-hybridized carbons (Fsp3) is 0.556. The molecule has 148 valence electrons. The van der Waals surface area contributed by atoms with Crippen LogP contribution in [0.15, 0.2) is 18.3 Å². The van der Waals surface area contributed by atoms with E-state index in [4.69, 9.17) is 0 Å². The molecule has 4 heterocycles. The van der Waals surface area contributed by atoms with E-state index in [9.17, 15) is 9.59 Å². The highest BCUT2D eigenvalue weighted by Gasteiger charge is 2.37. The molecule has 28 heavy (non-hydrogen) atoms. The number of aromatic nitrogens is 4. The van der Waals surface area contributed by atoms with Gasteiger partial charge in [-0.1, -0.05) is 18.3 Å². The van der Waals surface area contributed by atoms with Gasteiger partial charge in [-0.05, 0) is 31.4 Å². The van der Waals surface area contributed by atoms with Gasteiger partial charge in [0.1, 0.15) is 5.01 Å². The first-order valence-corrected chi connectivity index (χ1v) is 10.4. The molecular weight excluding hydrogens is 378 g/mol. The topological polar surface area (TPSA) is 104 Å². The first-order chi connectivity index (χ1) is 13.6. The number of carbonyl (C=O) groups is 2. The predicted octanol–water partition coefficient (Wildman–Crippen LogP) is 1.03. The molecular formula is C18H23N7O2S. The molecule has 2 fully saturated rings. The summed E-state index contributed by atoms with van der Waals surface area (Å²) in [5.74, 6) is 0.428. The summed E-state index contributed by atoms with van der Waals surface area (Å²) in [5.41, 5.74) is 0. The number of rotatable bonds is 5. The number of carbonyl (C=O) groups excluding carboxylic acids is 2. The Morgan fingerprint density at radius 2 is 2.11 bits per heavy atom. The zero-order chi connectivity index (χ0) is 19.5. The van der Waals surface area contributed by atoms with E-state index < -0.39 is 0 Å². The van der Waals surface area contributed by atoms with Crippen molar-refractivity contribution < 1.29 is 9.59 Å². The van der Waals surface area contributed by atoms with Crippen LogP contribution in [0.1, 0.15) is 31.2 Å². The summed E-state index contributed by atoms with van der Waals surface area (Å²) in [5, 5.41) is 20.8. The minimum absolute atomic E-state index is 0.0472. The maximum absolute atomic E-state index is 12.7. The van der Waals surface area contributed by atoms with Crippen molar-refractivity contribution in [2.45, 2.75) is 38.6 Å². The van der Waals surface area contributed by atoms with Gasteiger partial charge in [-0.2, -0.15) is 5.10 Å². The number of amides is 2. The van der Waals surface area contributed by atoms with Crippen molar-refractivity contribution in [2.24, 2.45) is 5.92 Å². The molecule has 9 nitrogen and oxygen atoms in total. The lowest BCUT2D eigenvalue weighted by Gasteiger charge is -2.33. The Labute approximate surface area is 167 Å². The number of anilines is 2. The summed E-state index contributed by atoms with van der Waals surface area (Å²) in [6.07, 6.45) is 4.38. The minimum atomic E-state index is -0.334. The Balaban J connectivity index is 1.29. The van der Waals surface area contributed by atoms with Crippen molar-refractivity contribution >= 4 is 34.1 Å². The van der Waals surface area contributed by atoms with Gasteiger partial charge in [-0.15, -0.1) is 15.3 Å². The van der Waals surface area contributed by atoms with Crippen molar-refractivity contribution in [3.63, 3.8) is 0 Å². The van der Waals surface area contributed by atoms with Gasteiger partial charge in [0.05, 0.1) is 5.92 Å². The lowest BCUT2D eigenvalue weighted by atomic mass is 10.0. The standard InChI is InChI=1S/C18H23N7O2S/c1-2-15-22-23-18(28-15)25-11-12(10-16(25)26)17(27)20-13-5-8-24(9-6-13)14-4-3-7-19-21-14/h3-4,7,12-13H,2,5-6,8-11H2,1H3,(H,20,27). The van der Waals surface area contributed by atoms with E-state index in [-0.39, 0.29) is 30.2 Å². The van der Waals surface area contributed by atoms with Crippen molar-refractivity contribution in [3.05, 3.63) is 23.3 Å². The fourth-order valence-electron chi connectivity index (χ4n) is 3.60. The van der Waals surface area contributed by atoms with Gasteiger partial charge < -0.3 is 10.2 Å². The molecule has 1 N–H and O–H groups in total. The van der Waals surface area contributed by atoms with E-state index in [1.165, 1.54) is 11.3 Å². The Morgan fingerprint density at radius 3 is 2.79 bits per heavy atom. The molecule has 0 saturated carbocycles. The predicted molar refractivity (Wildman–Crippen MR) is 105 cm³/mol. The van der Waals surface area contributed by atoms with E-state index in [0.29, 0.717) is 11.7 Å². The van der Waals surface area contributed by atoms with Gasteiger partial charge in [0, 0.05) is 38.3 Å². The van der Waals surface area contributed by atoms with Crippen molar-refractivity contribution in [2.75, 3.05) is 29.4 Å². The number of nitrogens with one attached hydrogen (secondary N) is 1. The van der Waals surface area contributed by atoms with Gasteiger partial charge in [0.25, 0.3) is 0 Å². The number of piperidine rings is 1. The zero-order valence-electron chi connectivity index (χ0n) is 15.7. The molecule has 2 aliphatic heterocycles. The van der Waals surface area contributed by atoms with Crippen LogP contribution in [0.25, 0.3) is 0 Å². The Hall–Kier alpha value is -2.62. The van der Waals surface area contributed by atoms with E-state index in [2.05, 4.69) is 30.6 Å². The van der Waals surface area contributed by atoms with Gasteiger partial charge >= 0.3 is 0 Å². The molecule has 0 radical (unpaired) electrons. The molecule has 2 aromatic heterocycles. The maximum Gasteiger partial charge on any atom is 0.229 e. The smallest absolute Gasteiger partial charge is 0.229 e. The van der Waals surface area contributed by atoms with Crippen LogP contribution in [0, 0.1) is 5.92 Å². The molecule has 0 aromatic carbocycles. The van der Waals surface area contributed by atoms with Gasteiger partial charge in [-0.25, -0.2) is 0 Å². The maximum atomic E-state index is 12.7. The SMILES string of the molecule is CCc1nnc(N2CC(C(=O)NC3CCN(c4cccnn4)CC3)CC2=O)s1. The highest BCUT2D eigenvalue weighted by molar-refractivity contribution is 7.15. The third-order valence-corrected chi connectivity index (χ3v) is 6.30. The monoisotopic (exact) mass is 401 g/mol. The van der Waals surface area contributed by atoms with Gasteiger partial charge in [0.2, 0.25) is 16.9 Å². The Bertz CT molecular complexity index is 835. The lowest BCUT2D eigenvalue weighted by molar-refractivity contribution is -0.127. The highest BCUT2D eigenvalue weighted by Crippen LogP contribution is 2.28. The third-order valence-electron chi connectivity index (χ3n) is 5.21. The van der Waals surface area contributed by atoms with Crippen LogP contribution in [0.4, 0.5) is 10.9 Å². The summed E-state index contributed by atoms with van der Waals surface area (Å²) in [6.45, 7) is 4.03. The van der Waals surface area contributed by atoms with E-state index in [0.717, 1.165) is 43.2 Å². The Morgan fingerprint density at radius 1 is 1.29 bits per heavy atom. The number of nitrogens with zero attached hydrogens (tertiary/aromatic N) is 6. The van der Waals surface area contributed by atoms with Crippen molar-refractivity contribution in [3.8, 4) is 0 Å². The van der Waals surface area contributed by atoms with Crippen LogP contribution < -0.4 is 15.1 Å². The minimum Gasteiger partial charge on any atom is -0.355 e. The first kappa shape index (κ1) is 18.7. The van der Waals surface area contributed by atoms with Crippen LogP contribution in [-0.2, 0) is 16.0 Å². The molecule has 1 unspecified atom stereocenters. The van der Waals surface area contributed by atoms with Gasteiger partial charge in [-0.3, -0.25) is 14.5 Å². The van der Waals surface area contributed by atoms with Crippen LogP contribution >= 0.6 is 11.3 Å². The second kappa shape index (κ2) is 8.17. The van der Waals surface area contributed by atoms with Gasteiger partial charge in [0.15, 0.2) is 5.82 Å². The Kier molecular flexibility index (Phi) is 5.47. The molecule has 0 spiro atoms. The summed E-state index contributed by atoms with van der Waals surface area (Å²) in [6, 6.07) is 3.94. The van der Waals surface area contributed by atoms with Crippen LogP contribution in [0.2, 0.25) is 0 Å². The molecule has 2 aliphatic rings. The quantitative estimate of drug-likeness (QED) is 0.798.